The van der Waals surface area contributed by atoms with Crippen LogP contribution in [0.1, 0.15) is 31.7 Å². The van der Waals surface area contributed by atoms with Crippen molar-refractivity contribution in [2.45, 2.75) is 32.7 Å². The number of hydrogen-bond acceptors (Lipinski definition) is 2. The second kappa shape index (κ2) is 9.73. The van der Waals surface area contributed by atoms with E-state index >= 15 is 0 Å². The summed E-state index contributed by atoms with van der Waals surface area (Å²) in [6.45, 7) is 4.80. The van der Waals surface area contributed by atoms with E-state index in [1.807, 2.05) is 19.2 Å². The van der Waals surface area contributed by atoms with E-state index in [0.29, 0.717) is 34.8 Å². The van der Waals surface area contributed by atoms with Gasteiger partial charge in [0.25, 0.3) is 0 Å². The number of halogens is 3. The number of nitrogens with zero attached hydrogens (tertiary/aromatic N) is 1. The third-order valence-corrected chi connectivity index (χ3v) is 5.36. The molecule has 23 heavy (non-hydrogen) atoms. The van der Waals surface area contributed by atoms with Crippen LogP contribution >= 0.6 is 35.6 Å². The number of piperidine rings is 1. The van der Waals surface area contributed by atoms with Crippen molar-refractivity contribution >= 4 is 41.5 Å². The highest BCUT2D eigenvalue weighted by molar-refractivity contribution is 6.42. The van der Waals surface area contributed by atoms with Crippen molar-refractivity contribution in [2.75, 3.05) is 20.1 Å². The van der Waals surface area contributed by atoms with Gasteiger partial charge in [0.15, 0.2) is 0 Å². The van der Waals surface area contributed by atoms with Crippen LogP contribution in [0.25, 0.3) is 0 Å². The monoisotopic (exact) mass is 378 g/mol. The van der Waals surface area contributed by atoms with E-state index in [4.69, 9.17) is 23.2 Å². The number of rotatable bonds is 5. The summed E-state index contributed by atoms with van der Waals surface area (Å²) in [4.78, 5) is 14.2. The third-order valence-electron chi connectivity index (χ3n) is 4.50. The van der Waals surface area contributed by atoms with Crippen LogP contribution in [0.15, 0.2) is 18.2 Å². The van der Waals surface area contributed by atoms with Crippen molar-refractivity contribution in [3.8, 4) is 0 Å². The molecule has 0 bridgehead atoms. The Bertz CT molecular complexity index is 519. The fourth-order valence-electron chi connectivity index (χ4n) is 2.98. The Hall–Kier alpha value is -0.480. The van der Waals surface area contributed by atoms with Crippen LogP contribution in [0.5, 0.6) is 0 Å². The molecule has 1 saturated heterocycles. The summed E-state index contributed by atoms with van der Waals surface area (Å²) in [5.74, 6) is 1.16. The molecule has 130 valence electrons. The van der Waals surface area contributed by atoms with Gasteiger partial charge < -0.3 is 10.2 Å². The lowest BCUT2D eigenvalue weighted by atomic mass is 9.85. The number of nitrogens with one attached hydrogen (secondary N) is 1. The highest BCUT2D eigenvalue weighted by Crippen LogP contribution is 2.27. The minimum absolute atomic E-state index is 0. The topological polar surface area (TPSA) is 32.3 Å². The van der Waals surface area contributed by atoms with Crippen molar-refractivity contribution in [2.24, 2.45) is 11.8 Å². The lowest BCUT2D eigenvalue weighted by Crippen LogP contribution is -2.36. The van der Waals surface area contributed by atoms with Gasteiger partial charge >= 0.3 is 0 Å². The molecule has 2 rings (SSSR count). The van der Waals surface area contributed by atoms with Crippen molar-refractivity contribution in [3.63, 3.8) is 0 Å². The zero-order chi connectivity index (χ0) is 16.1. The highest BCUT2D eigenvalue weighted by atomic mass is 35.5. The average Bonchev–Trinajstić information content (AvgIpc) is 2.52. The van der Waals surface area contributed by atoms with E-state index in [0.717, 1.165) is 18.7 Å². The predicted molar refractivity (Wildman–Crippen MR) is 99.6 cm³/mol. The first-order chi connectivity index (χ1) is 10.5. The van der Waals surface area contributed by atoms with Crippen LogP contribution in [-0.4, -0.2) is 30.9 Å². The molecule has 0 spiro atoms. The Kier molecular flexibility index (Phi) is 8.70. The lowest BCUT2D eigenvalue weighted by molar-refractivity contribution is -0.131. The summed E-state index contributed by atoms with van der Waals surface area (Å²) in [5, 5.41) is 4.48. The SMILES string of the molecule is CC(CC(=O)N(C)Cc1cccc(Cl)c1Cl)C1CCCNC1.Cl. The molecular formula is C17H25Cl3N2O. The third kappa shape index (κ3) is 5.82. The molecule has 1 aliphatic rings. The first-order valence-corrected chi connectivity index (χ1v) is 8.62. The van der Waals surface area contributed by atoms with Gasteiger partial charge in [-0.15, -0.1) is 12.4 Å². The summed E-state index contributed by atoms with van der Waals surface area (Å²) in [6.07, 6.45) is 3.00. The van der Waals surface area contributed by atoms with Crippen LogP contribution in [0, 0.1) is 11.8 Å². The fraction of sp³-hybridized carbons (Fsp3) is 0.588. The number of carbonyl (C=O) groups is 1. The van der Waals surface area contributed by atoms with Crippen LogP contribution in [-0.2, 0) is 11.3 Å². The molecule has 2 unspecified atom stereocenters. The Balaban J connectivity index is 0.00000264. The first-order valence-electron chi connectivity index (χ1n) is 7.86. The number of benzene rings is 1. The van der Waals surface area contributed by atoms with Crippen molar-refractivity contribution in [1.82, 2.24) is 10.2 Å². The molecular weight excluding hydrogens is 355 g/mol. The van der Waals surface area contributed by atoms with Crippen molar-refractivity contribution in [3.05, 3.63) is 33.8 Å². The summed E-state index contributed by atoms with van der Waals surface area (Å²) in [7, 11) is 1.82. The Morgan fingerprint density at radius 2 is 2.17 bits per heavy atom. The zero-order valence-corrected chi connectivity index (χ0v) is 16.0. The second-order valence-electron chi connectivity index (χ2n) is 6.25. The van der Waals surface area contributed by atoms with E-state index < -0.39 is 0 Å². The number of carbonyl (C=O) groups excluding carboxylic acids is 1. The molecule has 1 amide bonds. The maximum atomic E-state index is 12.4. The number of amides is 1. The van der Waals surface area contributed by atoms with E-state index in [2.05, 4.69) is 12.2 Å². The smallest absolute Gasteiger partial charge is 0.222 e. The van der Waals surface area contributed by atoms with Gasteiger partial charge in [0.05, 0.1) is 10.0 Å². The molecule has 0 saturated carbocycles. The van der Waals surface area contributed by atoms with Crippen LogP contribution in [0.3, 0.4) is 0 Å². The van der Waals surface area contributed by atoms with Gasteiger partial charge in [0.2, 0.25) is 5.91 Å². The van der Waals surface area contributed by atoms with E-state index in [-0.39, 0.29) is 18.3 Å². The largest absolute Gasteiger partial charge is 0.341 e. The van der Waals surface area contributed by atoms with Gasteiger partial charge in [-0.05, 0) is 49.4 Å². The summed E-state index contributed by atoms with van der Waals surface area (Å²) < 4.78 is 0. The molecule has 1 aliphatic heterocycles. The van der Waals surface area contributed by atoms with E-state index in [9.17, 15) is 4.79 Å². The zero-order valence-electron chi connectivity index (χ0n) is 13.6. The quantitative estimate of drug-likeness (QED) is 0.822. The van der Waals surface area contributed by atoms with Crippen LogP contribution in [0.4, 0.5) is 0 Å². The van der Waals surface area contributed by atoms with Gasteiger partial charge in [0.1, 0.15) is 0 Å². The van der Waals surface area contributed by atoms with Crippen LogP contribution < -0.4 is 5.32 Å². The van der Waals surface area contributed by atoms with Gasteiger partial charge in [-0.1, -0.05) is 42.3 Å². The molecule has 2 atom stereocenters. The van der Waals surface area contributed by atoms with E-state index in [1.54, 1.807) is 11.0 Å². The molecule has 1 fully saturated rings. The second-order valence-corrected chi connectivity index (χ2v) is 7.04. The molecule has 0 radical (unpaired) electrons. The predicted octanol–water partition coefficient (Wildman–Crippen LogP) is 4.40. The Labute approximate surface area is 155 Å². The molecule has 6 heteroatoms. The molecule has 1 N–H and O–H groups in total. The summed E-state index contributed by atoms with van der Waals surface area (Å²) in [5.41, 5.74) is 0.886. The van der Waals surface area contributed by atoms with Crippen molar-refractivity contribution in [1.29, 1.82) is 0 Å². The standard InChI is InChI=1S/C17H24Cl2N2O.ClH/c1-12(13-6-4-8-20-10-13)9-16(22)21(2)11-14-5-3-7-15(18)17(14)19;/h3,5,7,12-13,20H,4,6,8-11H2,1-2H3;1H. The Morgan fingerprint density at radius 3 is 2.83 bits per heavy atom. The van der Waals surface area contributed by atoms with Gasteiger partial charge in [-0.3, -0.25) is 4.79 Å². The van der Waals surface area contributed by atoms with E-state index in [1.165, 1.54) is 12.8 Å². The summed E-state index contributed by atoms with van der Waals surface area (Å²) >= 11 is 12.2. The van der Waals surface area contributed by atoms with Gasteiger partial charge in [0, 0.05) is 20.0 Å². The molecule has 0 aromatic heterocycles. The minimum atomic E-state index is 0. The molecule has 3 nitrogen and oxygen atoms in total. The molecule has 0 aliphatic carbocycles. The average molecular weight is 380 g/mol. The highest BCUT2D eigenvalue weighted by Gasteiger charge is 2.23. The molecule has 1 aromatic rings. The minimum Gasteiger partial charge on any atom is -0.341 e. The maximum Gasteiger partial charge on any atom is 0.222 e. The molecule has 1 heterocycles. The summed E-state index contributed by atoms with van der Waals surface area (Å²) in [6, 6.07) is 5.53. The van der Waals surface area contributed by atoms with Crippen LogP contribution in [0.2, 0.25) is 10.0 Å². The first kappa shape index (κ1) is 20.6. The molecule has 1 aromatic carbocycles. The number of hydrogen-bond donors (Lipinski definition) is 1. The normalized spacial score (nSPS) is 18.9. The van der Waals surface area contributed by atoms with Gasteiger partial charge in [-0.2, -0.15) is 0 Å². The fourth-order valence-corrected chi connectivity index (χ4v) is 3.36. The lowest BCUT2D eigenvalue weighted by Gasteiger charge is -2.29. The van der Waals surface area contributed by atoms with Crippen molar-refractivity contribution < 1.29 is 4.79 Å². The maximum absolute atomic E-state index is 12.4. The Morgan fingerprint density at radius 1 is 1.43 bits per heavy atom. The van der Waals surface area contributed by atoms with Gasteiger partial charge in [-0.25, -0.2) is 0 Å².